The lowest BCUT2D eigenvalue weighted by Gasteiger charge is -2.27. The standard InChI is InChI=1S/C28H28ClNO7/c1-17(16-22(32)25-27(36-19(3)31)24(34-4)14-15-30-25)28(33)35-18(2)26(20-10-6-5-7-11-20)37-23-13-9-8-12-21(23)29/h5-15,17-18,26H,16H2,1-4H3/t17-,18+,26+/m1/s1. The minimum absolute atomic E-state index is 0.0892. The number of carbonyl (C=O) groups is 3. The van der Waals surface area contributed by atoms with Crippen LogP contribution in [0.2, 0.25) is 5.02 Å². The average Bonchev–Trinajstić information content (AvgIpc) is 2.88. The number of benzene rings is 2. The lowest BCUT2D eigenvalue weighted by atomic mass is 10.0. The number of para-hydroxylation sites is 1. The number of nitrogens with zero attached hydrogens (tertiary/aromatic N) is 1. The summed E-state index contributed by atoms with van der Waals surface area (Å²) in [7, 11) is 1.38. The summed E-state index contributed by atoms with van der Waals surface area (Å²) >= 11 is 6.28. The number of hydrogen-bond donors (Lipinski definition) is 0. The van der Waals surface area contributed by atoms with Crippen molar-refractivity contribution in [3.8, 4) is 17.2 Å². The van der Waals surface area contributed by atoms with Gasteiger partial charge in [0.15, 0.2) is 23.3 Å². The monoisotopic (exact) mass is 525 g/mol. The molecule has 0 fully saturated rings. The van der Waals surface area contributed by atoms with Crippen LogP contribution in [0.4, 0.5) is 0 Å². The van der Waals surface area contributed by atoms with Crippen molar-refractivity contribution in [1.29, 1.82) is 0 Å². The fraction of sp³-hybridized carbons (Fsp3) is 0.286. The molecule has 8 nitrogen and oxygen atoms in total. The van der Waals surface area contributed by atoms with Gasteiger partial charge < -0.3 is 18.9 Å². The van der Waals surface area contributed by atoms with Gasteiger partial charge in [-0.15, -0.1) is 0 Å². The molecule has 0 aliphatic carbocycles. The number of esters is 2. The van der Waals surface area contributed by atoms with E-state index in [1.54, 1.807) is 38.1 Å². The van der Waals surface area contributed by atoms with Crippen LogP contribution in [0.3, 0.4) is 0 Å². The van der Waals surface area contributed by atoms with Crippen molar-refractivity contribution >= 4 is 29.3 Å². The second-order valence-electron chi connectivity index (χ2n) is 8.33. The Hall–Kier alpha value is -3.91. The van der Waals surface area contributed by atoms with Crippen molar-refractivity contribution in [2.45, 2.75) is 39.4 Å². The lowest BCUT2D eigenvalue weighted by molar-refractivity contribution is -0.157. The molecule has 0 amide bonds. The van der Waals surface area contributed by atoms with Crippen LogP contribution in [-0.4, -0.2) is 35.9 Å². The molecule has 0 aliphatic heterocycles. The van der Waals surface area contributed by atoms with Gasteiger partial charge in [0.25, 0.3) is 0 Å². The summed E-state index contributed by atoms with van der Waals surface area (Å²) in [6.07, 6.45) is -0.221. The van der Waals surface area contributed by atoms with Gasteiger partial charge in [-0.3, -0.25) is 14.4 Å². The molecule has 0 saturated heterocycles. The Kier molecular flexibility index (Phi) is 9.63. The van der Waals surface area contributed by atoms with Crippen LogP contribution >= 0.6 is 11.6 Å². The van der Waals surface area contributed by atoms with E-state index in [0.717, 1.165) is 5.56 Å². The van der Waals surface area contributed by atoms with Gasteiger partial charge >= 0.3 is 11.9 Å². The van der Waals surface area contributed by atoms with Crippen LogP contribution < -0.4 is 14.2 Å². The maximum absolute atomic E-state index is 13.0. The number of aromatic nitrogens is 1. The van der Waals surface area contributed by atoms with Gasteiger partial charge in [0.2, 0.25) is 5.75 Å². The fourth-order valence-corrected chi connectivity index (χ4v) is 3.79. The summed E-state index contributed by atoms with van der Waals surface area (Å²) in [5, 5.41) is 0.426. The first-order valence-corrected chi connectivity index (χ1v) is 12.0. The van der Waals surface area contributed by atoms with Crippen molar-refractivity contribution in [1.82, 2.24) is 4.98 Å². The largest absolute Gasteiger partial charge is 0.493 e. The molecule has 1 heterocycles. The maximum Gasteiger partial charge on any atom is 0.309 e. The number of hydrogen-bond acceptors (Lipinski definition) is 8. The number of Topliss-reactive ketones (excluding diaryl/α,β-unsaturated/α-hetero) is 1. The van der Waals surface area contributed by atoms with Crippen molar-refractivity contribution < 1.29 is 33.3 Å². The van der Waals surface area contributed by atoms with Gasteiger partial charge in [0, 0.05) is 25.6 Å². The predicted molar refractivity (Wildman–Crippen MR) is 137 cm³/mol. The molecule has 9 heteroatoms. The first-order valence-electron chi connectivity index (χ1n) is 11.6. The van der Waals surface area contributed by atoms with Gasteiger partial charge in [0.05, 0.1) is 18.1 Å². The van der Waals surface area contributed by atoms with E-state index < -0.39 is 35.8 Å². The Bertz CT molecular complexity index is 1250. The molecule has 194 valence electrons. The Morgan fingerprint density at radius 2 is 1.62 bits per heavy atom. The Morgan fingerprint density at radius 3 is 2.27 bits per heavy atom. The van der Waals surface area contributed by atoms with Gasteiger partial charge in [-0.05, 0) is 24.6 Å². The van der Waals surface area contributed by atoms with Crippen molar-refractivity contribution in [2.75, 3.05) is 7.11 Å². The predicted octanol–water partition coefficient (Wildman–Crippen LogP) is 5.63. The fourth-order valence-electron chi connectivity index (χ4n) is 3.61. The van der Waals surface area contributed by atoms with Crippen LogP contribution in [0.25, 0.3) is 0 Å². The zero-order valence-electron chi connectivity index (χ0n) is 21.0. The van der Waals surface area contributed by atoms with Crippen molar-refractivity contribution in [2.24, 2.45) is 5.92 Å². The molecule has 0 unspecified atom stereocenters. The molecule has 0 saturated carbocycles. The minimum atomic E-state index is -0.815. The normalized spacial score (nSPS) is 13.1. The van der Waals surface area contributed by atoms with Crippen molar-refractivity contribution in [3.63, 3.8) is 0 Å². The molecule has 2 aromatic carbocycles. The SMILES string of the molecule is COc1ccnc(C(=O)C[C@@H](C)C(=O)O[C@@H](C)[C@H](Oc2ccccc2Cl)c2ccccc2)c1OC(C)=O. The summed E-state index contributed by atoms with van der Waals surface area (Å²) < 4.78 is 22.2. The minimum Gasteiger partial charge on any atom is -0.493 e. The molecule has 37 heavy (non-hydrogen) atoms. The molecule has 3 aromatic rings. The molecule has 1 aromatic heterocycles. The third kappa shape index (κ3) is 7.30. The van der Waals surface area contributed by atoms with Crippen LogP contribution in [0.5, 0.6) is 17.2 Å². The molecule has 3 atom stereocenters. The lowest BCUT2D eigenvalue weighted by Crippen LogP contribution is -2.30. The smallest absolute Gasteiger partial charge is 0.309 e. The first-order chi connectivity index (χ1) is 17.7. The summed E-state index contributed by atoms with van der Waals surface area (Å²) in [6.45, 7) is 4.49. The van der Waals surface area contributed by atoms with E-state index >= 15 is 0 Å². The number of carbonyl (C=O) groups excluding carboxylic acids is 3. The second kappa shape index (κ2) is 12.9. The van der Waals surface area contributed by atoms with Crippen LogP contribution in [0.15, 0.2) is 66.9 Å². The number of ether oxygens (including phenoxy) is 4. The summed E-state index contributed by atoms with van der Waals surface area (Å²) in [5.74, 6) is -2.00. The van der Waals surface area contributed by atoms with Crippen LogP contribution in [-0.2, 0) is 14.3 Å². The van der Waals surface area contributed by atoms with E-state index in [2.05, 4.69) is 4.98 Å². The van der Waals surface area contributed by atoms with E-state index in [4.69, 9.17) is 30.5 Å². The number of ketones is 1. The maximum atomic E-state index is 13.0. The number of halogens is 1. The Labute approximate surface area is 220 Å². The first kappa shape index (κ1) is 27.7. The third-order valence-electron chi connectivity index (χ3n) is 5.44. The zero-order valence-corrected chi connectivity index (χ0v) is 21.7. The van der Waals surface area contributed by atoms with Crippen LogP contribution in [0, 0.1) is 5.92 Å². The highest BCUT2D eigenvalue weighted by molar-refractivity contribution is 6.32. The molecule has 0 bridgehead atoms. The third-order valence-corrected chi connectivity index (χ3v) is 5.75. The number of rotatable bonds is 11. The number of methoxy groups -OCH3 is 1. The summed E-state index contributed by atoms with van der Waals surface area (Å²) in [4.78, 5) is 41.5. The van der Waals surface area contributed by atoms with Crippen LogP contribution in [0.1, 0.15) is 49.3 Å². The highest BCUT2D eigenvalue weighted by atomic mass is 35.5. The van der Waals surface area contributed by atoms with Gasteiger partial charge in [0.1, 0.15) is 11.9 Å². The molecule has 0 N–H and O–H groups in total. The summed E-state index contributed by atoms with van der Waals surface area (Å²) in [6, 6.07) is 17.8. The summed E-state index contributed by atoms with van der Waals surface area (Å²) in [5.41, 5.74) is 0.685. The van der Waals surface area contributed by atoms with E-state index in [0.29, 0.717) is 10.8 Å². The average molecular weight is 526 g/mol. The molecule has 3 rings (SSSR count). The molecular formula is C28H28ClNO7. The quantitative estimate of drug-likeness (QED) is 0.234. The van der Waals surface area contributed by atoms with Gasteiger partial charge in [-0.2, -0.15) is 0 Å². The highest BCUT2D eigenvalue weighted by Gasteiger charge is 2.30. The van der Waals surface area contributed by atoms with E-state index in [1.807, 2.05) is 30.3 Å². The molecular weight excluding hydrogens is 498 g/mol. The van der Waals surface area contributed by atoms with Crippen molar-refractivity contribution in [3.05, 3.63) is 83.1 Å². The van der Waals surface area contributed by atoms with Gasteiger partial charge in [-0.25, -0.2) is 4.98 Å². The van der Waals surface area contributed by atoms with E-state index in [1.165, 1.54) is 26.3 Å². The molecule has 0 radical (unpaired) electrons. The zero-order chi connectivity index (χ0) is 26.9. The van der Waals surface area contributed by atoms with Gasteiger partial charge in [-0.1, -0.05) is 61.0 Å². The highest BCUT2D eigenvalue weighted by Crippen LogP contribution is 2.33. The van der Waals surface area contributed by atoms with E-state index in [9.17, 15) is 14.4 Å². The second-order valence-corrected chi connectivity index (χ2v) is 8.74. The molecule has 0 aliphatic rings. The number of pyridine rings is 1. The topological polar surface area (TPSA) is 101 Å². The van der Waals surface area contributed by atoms with E-state index in [-0.39, 0.29) is 23.6 Å². The Balaban J connectivity index is 1.75. The Morgan fingerprint density at radius 1 is 0.946 bits per heavy atom. The molecule has 0 spiro atoms.